The predicted molar refractivity (Wildman–Crippen MR) is 198 cm³/mol. The lowest BCUT2D eigenvalue weighted by atomic mass is 9.66. The molecule has 0 amide bonds. The average Bonchev–Trinajstić information content (AvgIpc) is 3.80. The normalized spacial score (nSPS) is 13.2. The number of phenolic OH excluding ortho intramolecular Hbond substituents is 2. The summed E-state index contributed by atoms with van der Waals surface area (Å²) >= 11 is 3.63. The van der Waals surface area contributed by atoms with E-state index in [1.807, 2.05) is 48.7 Å². The minimum atomic E-state index is -0.693. The third-order valence-corrected chi connectivity index (χ3v) is 12.1. The first-order valence-corrected chi connectivity index (χ1v) is 17.4. The summed E-state index contributed by atoms with van der Waals surface area (Å²) < 4.78 is 2.54. The van der Waals surface area contributed by atoms with Crippen LogP contribution in [0.4, 0.5) is 0 Å². The van der Waals surface area contributed by atoms with E-state index in [0.717, 1.165) is 22.3 Å². The average molecular weight is 643 g/mol. The second-order valence-corrected chi connectivity index (χ2v) is 14.7. The van der Waals surface area contributed by atoms with Gasteiger partial charge in [0.1, 0.15) is 11.5 Å². The van der Waals surface area contributed by atoms with Crippen molar-refractivity contribution in [2.24, 2.45) is 0 Å². The maximum atomic E-state index is 10.7. The van der Waals surface area contributed by atoms with Crippen molar-refractivity contribution in [2.45, 2.75) is 19.3 Å². The first-order valence-electron chi connectivity index (χ1n) is 15.8. The molecule has 2 heterocycles. The molecule has 0 aliphatic heterocycles. The lowest BCUT2D eigenvalue weighted by Crippen LogP contribution is -2.29. The van der Waals surface area contributed by atoms with Crippen molar-refractivity contribution >= 4 is 42.8 Å². The molecule has 47 heavy (non-hydrogen) atoms. The van der Waals surface area contributed by atoms with Crippen LogP contribution in [0.5, 0.6) is 11.5 Å². The summed E-state index contributed by atoms with van der Waals surface area (Å²) in [6.45, 7) is 3.93. The summed E-state index contributed by atoms with van der Waals surface area (Å²) in [5.74, 6) is 0.560. The molecule has 2 aromatic heterocycles. The molecule has 0 saturated heterocycles. The molecule has 6 aromatic carbocycles. The Balaban J connectivity index is 1.37. The summed E-state index contributed by atoms with van der Waals surface area (Å²) in [6, 6.07) is 47.6. The first kappa shape index (κ1) is 28.1. The highest BCUT2D eigenvalue weighted by Crippen LogP contribution is 2.58. The Hall–Kier alpha value is -5.16. The van der Waals surface area contributed by atoms with Gasteiger partial charge in [-0.3, -0.25) is 0 Å². The molecule has 1 aliphatic carbocycles. The van der Waals surface area contributed by atoms with Crippen molar-refractivity contribution in [1.29, 1.82) is 0 Å². The summed E-state index contributed by atoms with van der Waals surface area (Å²) in [5.41, 5.74) is 10.3. The molecule has 0 radical (unpaired) electrons. The molecule has 0 spiro atoms. The van der Waals surface area contributed by atoms with Gasteiger partial charge in [0.25, 0.3) is 0 Å². The van der Waals surface area contributed by atoms with E-state index < -0.39 is 5.41 Å². The molecule has 0 atom stereocenters. The van der Waals surface area contributed by atoms with Crippen molar-refractivity contribution in [1.82, 2.24) is 0 Å². The van der Waals surface area contributed by atoms with Crippen LogP contribution >= 0.6 is 22.7 Å². The summed E-state index contributed by atoms with van der Waals surface area (Å²) in [4.78, 5) is 2.46. The number of aryl methyl sites for hydroxylation is 2. The van der Waals surface area contributed by atoms with Crippen molar-refractivity contribution in [3.05, 3.63) is 167 Å². The molecule has 4 heteroatoms. The SMILES string of the molecule is Cc1cc(C2(c3ccc(O)c(C)c3)c3cc(-c4cc5ccccc5s4)ccc3-c3ccc(-c4cc5ccccc5s4)cc32)ccc1O. The molecule has 2 N–H and O–H groups in total. The van der Waals surface area contributed by atoms with Crippen molar-refractivity contribution in [2.75, 3.05) is 0 Å². The summed E-state index contributed by atoms with van der Waals surface area (Å²) in [7, 11) is 0. The van der Waals surface area contributed by atoms with Gasteiger partial charge in [-0.15, -0.1) is 22.7 Å². The fourth-order valence-electron chi connectivity index (χ4n) is 7.44. The molecular formula is C43H30O2S2. The highest BCUT2D eigenvalue weighted by atomic mass is 32.1. The number of thiophene rings is 2. The number of rotatable bonds is 4. The van der Waals surface area contributed by atoms with Crippen LogP contribution in [-0.4, -0.2) is 10.2 Å². The topological polar surface area (TPSA) is 40.5 Å². The van der Waals surface area contributed by atoms with Crippen LogP contribution in [-0.2, 0) is 5.41 Å². The summed E-state index contributed by atoms with van der Waals surface area (Å²) in [6.07, 6.45) is 0. The Labute approximate surface area is 281 Å². The van der Waals surface area contributed by atoms with Gasteiger partial charge in [0.15, 0.2) is 0 Å². The predicted octanol–water partition coefficient (Wildman–Crippen LogP) is 11.8. The molecule has 9 rings (SSSR count). The van der Waals surface area contributed by atoms with Crippen molar-refractivity contribution < 1.29 is 10.2 Å². The molecule has 0 saturated carbocycles. The Kier molecular flexibility index (Phi) is 6.23. The van der Waals surface area contributed by atoms with Gasteiger partial charge in [0.2, 0.25) is 0 Å². The van der Waals surface area contributed by atoms with Gasteiger partial charge in [0, 0.05) is 19.2 Å². The Morgan fingerprint density at radius 2 is 0.915 bits per heavy atom. The highest BCUT2D eigenvalue weighted by molar-refractivity contribution is 7.22. The molecule has 226 valence electrons. The van der Waals surface area contributed by atoms with Crippen LogP contribution in [0.1, 0.15) is 33.4 Å². The smallest absolute Gasteiger partial charge is 0.118 e. The lowest BCUT2D eigenvalue weighted by Gasteiger charge is -2.35. The Morgan fingerprint density at radius 1 is 0.468 bits per heavy atom. The standard InChI is InChI=1S/C43H30O2S2/c1-25-19-31(13-17-37(25)44)43(32-14-18-38(45)26(2)20-32)35-21-29(41-23-27-7-3-5-9-39(27)46-41)11-15-33(35)34-16-12-30(22-36(34)43)42-24-28-8-4-6-10-40(28)47-42/h3-24,44-45H,1-2H3. The fourth-order valence-corrected chi connectivity index (χ4v) is 9.56. The van der Waals surface area contributed by atoms with E-state index >= 15 is 0 Å². The molecule has 2 nitrogen and oxygen atoms in total. The van der Waals surface area contributed by atoms with Gasteiger partial charge in [-0.25, -0.2) is 0 Å². The van der Waals surface area contributed by atoms with E-state index in [4.69, 9.17) is 0 Å². The zero-order chi connectivity index (χ0) is 31.9. The maximum Gasteiger partial charge on any atom is 0.118 e. The van der Waals surface area contributed by atoms with Gasteiger partial charge in [-0.2, -0.15) is 0 Å². The van der Waals surface area contributed by atoms with Crippen LogP contribution in [0.25, 0.3) is 52.2 Å². The van der Waals surface area contributed by atoms with E-state index in [9.17, 15) is 10.2 Å². The number of fused-ring (bicyclic) bond motifs is 5. The van der Waals surface area contributed by atoms with Gasteiger partial charge >= 0.3 is 0 Å². The summed E-state index contributed by atoms with van der Waals surface area (Å²) in [5, 5.41) is 23.9. The van der Waals surface area contributed by atoms with Crippen molar-refractivity contribution in [3.8, 4) is 43.5 Å². The van der Waals surface area contributed by atoms with Gasteiger partial charge in [-0.05, 0) is 129 Å². The van der Waals surface area contributed by atoms with E-state index in [-0.39, 0.29) is 11.5 Å². The van der Waals surface area contributed by atoms with Gasteiger partial charge < -0.3 is 10.2 Å². The molecule has 0 bridgehead atoms. The number of aromatic hydroxyl groups is 2. The Morgan fingerprint density at radius 3 is 1.34 bits per heavy atom. The minimum Gasteiger partial charge on any atom is -0.508 e. The number of hydrogen-bond acceptors (Lipinski definition) is 4. The largest absolute Gasteiger partial charge is 0.508 e. The van der Waals surface area contributed by atoms with Crippen LogP contribution in [0.2, 0.25) is 0 Å². The maximum absolute atomic E-state index is 10.7. The molecule has 1 aliphatic rings. The molecule has 8 aromatic rings. The van der Waals surface area contributed by atoms with E-state index in [2.05, 4.69) is 121 Å². The van der Waals surface area contributed by atoms with Crippen LogP contribution in [0.3, 0.4) is 0 Å². The number of phenols is 2. The van der Waals surface area contributed by atoms with Crippen LogP contribution in [0.15, 0.2) is 133 Å². The van der Waals surface area contributed by atoms with E-state index in [1.54, 1.807) is 0 Å². The number of benzene rings is 6. The number of hydrogen-bond donors (Lipinski definition) is 2. The quantitative estimate of drug-likeness (QED) is 0.201. The second-order valence-electron chi connectivity index (χ2n) is 12.6. The van der Waals surface area contributed by atoms with Crippen LogP contribution in [0, 0.1) is 13.8 Å². The zero-order valence-corrected chi connectivity index (χ0v) is 27.5. The van der Waals surface area contributed by atoms with Crippen LogP contribution < -0.4 is 0 Å². The lowest BCUT2D eigenvalue weighted by molar-refractivity contribution is 0.470. The first-order chi connectivity index (χ1) is 22.9. The minimum absolute atomic E-state index is 0.280. The van der Waals surface area contributed by atoms with Crippen molar-refractivity contribution in [3.63, 3.8) is 0 Å². The van der Waals surface area contributed by atoms with E-state index in [0.29, 0.717) is 0 Å². The molecule has 0 fully saturated rings. The molecule has 0 unspecified atom stereocenters. The second kappa shape index (κ2) is 10.4. The zero-order valence-electron chi connectivity index (χ0n) is 25.9. The molecular weight excluding hydrogens is 613 g/mol. The van der Waals surface area contributed by atoms with Gasteiger partial charge in [0.05, 0.1) is 5.41 Å². The van der Waals surface area contributed by atoms with E-state index in [1.165, 1.54) is 63.3 Å². The third kappa shape index (κ3) is 4.22. The highest BCUT2D eigenvalue weighted by Gasteiger charge is 2.47. The van der Waals surface area contributed by atoms with Gasteiger partial charge in [-0.1, -0.05) is 84.9 Å². The Bertz CT molecular complexity index is 2290. The fraction of sp³-hybridized carbons (Fsp3) is 0.0698. The third-order valence-electron chi connectivity index (χ3n) is 9.82. The monoisotopic (exact) mass is 642 g/mol.